The predicted octanol–water partition coefficient (Wildman–Crippen LogP) is 3.32. The first-order valence-corrected chi connectivity index (χ1v) is 6.75. The zero-order valence-electron chi connectivity index (χ0n) is 10.9. The zero-order chi connectivity index (χ0) is 13.4. The monoisotopic (exact) mass is 260 g/mol. The lowest BCUT2D eigenvalue weighted by Gasteiger charge is -2.33. The zero-order valence-corrected chi connectivity index (χ0v) is 10.9. The summed E-state index contributed by atoms with van der Waals surface area (Å²) in [6, 6.07) is 6.72. The first kappa shape index (κ1) is 12.2. The Morgan fingerprint density at radius 2 is 2.26 bits per heavy atom. The predicted molar refractivity (Wildman–Crippen MR) is 72.6 cm³/mol. The number of hydrogen-bond acceptors (Lipinski definition) is 1. The van der Waals surface area contributed by atoms with E-state index in [1.54, 1.807) is 18.2 Å². The van der Waals surface area contributed by atoms with Crippen molar-refractivity contribution in [1.82, 2.24) is 9.88 Å². The van der Waals surface area contributed by atoms with E-state index in [4.69, 9.17) is 0 Å². The van der Waals surface area contributed by atoms with Gasteiger partial charge in [-0.25, -0.2) is 4.39 Å². The normalized spacial score (nSPS) is 19.9. The molecule has 1 aromatic carbocycles. The average molecular weight is 260 g/mol. The number of nitrogens with zero attached hydrogens (tertiary/aromatic N) is 1. The molecular formula is C15H17FN2O. The molecule has 1 saturated heterocycles. The van der Waals surface area contributed by atoms with E-state index < -0.39 is 0 Å². The molecule has 0 bridgehead atoms. The Kier molecular flexibility index (Phi) is 3.01. The number of nitrogens with one attached hydrogen (secondary N) is 1. The molecule has 1 aliphatic heterocycles. The number of amides is 1. The van der Waals surface area contributed by atoms with Crippen LogP contribution >= 0.6 is 0 Å². The van der Waals surface area contributed by atoms with Crippen LogP contribution in [0.25, 0.3) is 10.9 Å². The van der Waals surface area contributed by atoms with Crippen molar-refractivity contribution in [3.8, 4) is 0 Å². The van der Waals surface area contributed by atoms with Crippen LogP contribution in [0.15, 0.2) is 24.3 Å². The molecule has 1 atom stereocenters. The summed E-state index contributed by atoms with van der Waals surface area (Å²) >= 11 is 0. The number of aromatic amines is 1. The van der Waals surface area contributed by atoms with Crippen LogP contribution in [-0.2, 0) is 0 Å². The Hall–Kier alpha value is -1.84. The molecule has 0 spiro atoms. The van der Waals surface area contributed by atoms with Crippen LogP contribution in [0, 0.1) is 5.82 Å². The summed E-state index contributed by atoms with van der Waals surface area (Å²) in [5.41, 5.74) is 1.15. The summed E-state index contributed by atoms with van der Waals surface area (Å²) in [7, 11) is 0. The maximum Gasteiger partial charge on any atom is 0.270 e. The molecule has 1 aromatic heterocycles. The second-order valence-corrected chi connectivity index (χ2v) is 5.23. The molecule has 0 saturated carbocycles. The first-order valence-electron chi connectivity index (χ1n) is 6.75. The van der Waals surface area contributed by atoms with Crippen LogP contribution in [0.3, 0.4) is 0 Å². The lowest BCUT2D eigenvalue weighted by atomic mass is 10.0. The molecule has 100 valence electrons. The quantitative estimate of drug-likeness (QED) is 0.839. The van der Waals surface area contributed by atoms with Crippen molar-refractivity contribution in [2.24, 2.45) is 0 Å². The molecule has 19 heavy (non-hydrogen) atoms. The van der Waals surface area contributed by atoms with E-state index in [0.29, 0.717) is 16.6 Å². The Labute approximate surface area is 111 Å². The van der Waals surface area contributed by atoms with Gasteiger partial charge in [0, 0.05) is 23.5 Å². The molecule has 1 unspecified atom stereocenters. The van der Waals surface area contributed by atoms with E-state index in [1.807, 2.05) is 4.90 Å². The number of piperidine rings is 1. The highest BCUT2D eigenvalue weighted by Crippen LogP contribution is 2.23. The second kappa shape index (κ2) is 4.68. The lowest BCUT2D eigenvalue weighted by molar-refractivity contribution is 0.0630. The van der Waals surface area contributed by atoms with Gasteiger partial charge in [0.05, 0.1) is 0 Å². The van der Waals surface area contributed by atoms with Crippen molar-refractivity contribution < 1.29 is 9.18 Å². The van der Waals surface area contributed by atoms with Gasteiger partial charge >= 0.3 is 0 Å². The topological polar surface area (TPSA) is 36.1 Å². The number of H-pyrrole nitrogens is 1. The van der Waals surface area contributed by atoms with Crippen LogP contribution in [-0.4, -0.2) is 28.4 Å². The SMILES string of the molecule is CC1CCCCN1C(=O)c1cc2c(F)cccc2[nH]1. The van der Waals surface area contributed by atoms with E-state index in [2.05, 4.69) is 11.9 Å². The summed E-state index contributed by atoms with van der Waals surface area (Å²) < 4.78 is 13.6. The number of carbonyl (C=O) groups is 1. The van der Waals surface area contributed by atoms with Crippen LogP contribution in [0.4, 0.5) is 4.39 Å². The van der Waals surface area contributed by atoms with E-state index in [9.17, 15) is 9.18 Å². The number of aromatic nitrogens is 1. The largest absolute Gasteiger partial charge is 0.350 e. The summed E-state index contributed by atoms with van der Waals surface area (Å²) in [6.45, 7) is 2.86. The first-order chi connectivity index (χ1) is 9.16. The van der Waals surface area contributed by atoms with Gasteiger partial charge < -0.3 is 9.88 Å². The maximum absolute atomic E-state index is 13.6. The number of fused-ring (bicyclic) bond motifs is 1. The van der Waals surface area contributed by atoms with Crippen molar-refractivity contribution in [3.63, 3.8) is 0 Å². The minimum absolute atomic E-state index is 0.0252. The number of benzene rings is 1. The van der Waals surface area contributed by atoms with Crippen LogP contribution in [0.1, 0.15) is 36.7 Å². The highest BCUT2D eigenvalue weighted by molar-refractivity contribution is 5.98. The fourth-order valence-corrected chi connectivity index (χ4v) is 2.79. The van der Waals surface area contributed by atoms with E-state index in [-0.39, 0.29) is 17.8 Å². The van der Waals surface area contributed by atoms with Gasteiger partial charge in [-0.2, -0.15) is 0 Å². The molecule has 3 rings (SSSR count). The van der Waals surface area contributed by atoms with Crippen molar-refractivity contribution in [2.75, 3.05) is 6.54 Å². The summed E-state index contributed by atoms with van der Waals surface area (Å²) in [5, 5.41) is 0.482. The molecular weight excluding hydrogens is 243 g/mol. The Balaban J connectivity index is 1.95. The highest BCUT2D eigenvalue weighted by Gasteiger charge is 2.25. The number of carbonyl (C=O) groups excluding carboxylic acids is 1. The number of hydrogen-bond donors (Lipinski definition) is 1. The van der Waals surface area contributed by atoms with Crippen LogP contribution < -0.4 is 0 Å². The van der Waals surface area contributed by atoms with Gasteiger partial charge in [0.25, 0.3) is 5.91 Å². The van der Waals surface area contributed by atoms with Gasteiger partial charge in [0.1, 0.15) is 11.5 Å². The third-order valence-corrected chi connectivity index (χ3v) is 3.91. The smallest absolute Gasteiger partial charge is 0.270 e. The lowest BCUT2D eigenvalue weighted by Crippen LogP contribution is -2.42. The standard InChI is InChI=1S/C15H17FN2O/c1-10-5-2-3-8-18(10)15(19)14-9-11-12(16)6-4-7-13(11)17-14/h4,6-7,9-10,17H,2-3,5,8H2,1H3. The Morgan fingerprint density at radius 1 is 1.42 bits per heavy atom. The Morgan fingerprint density at radius 3 is 3.00 bits per heavy atom. The molecule has 1 aliphatic rings. The van der Waals surface area contributed by atoms with Crippen LogP contribution in [0.2, 0.25) is 0 Å². The molecule has 1 amide bonds. The molecule has 0 radical (unpaired) electrons. The molecule has 3 nitrogen and oxygen atoms in total. The summed E-state index contributed by atoms with van der Waals surface area (Å²) in [6.07, 6.45) is 3.26. The fraction of sp³-hybridized carbons (Fsp3) is 0.400. The average Bonchev–Trinajstić information content (AvgIpc) is 2.84. The van der Waals surface area contributed by atoms with E-state index in [0.717, 1.165) is 19.4 Å². The van der Waals surface area contributed by atoms with E-state index in [1.165, 1.54) is 12.5 Å². The third-order valence-electron chi connectivity index (χ3n) is 3.91. The summed E-state index contributed by atoms with van der Waals surface area (Å²) in [5.74, 6) is -0.317. The molecule has 4 heteroatoms. The van der Waals surface area contributed by atoms with Gasteiger partial charge in [0.15, 0.2) is 0 Å². The molecule has 1 N–H and O–H groups in total. The minimum Gasteiger partial charge on any atom is -0.350 e. The van der Waals surface area contributed by atoms with E-state index >= 15 is 0 Å². The van der Waals surface area contributed by atoms with Crippen molar-refractivity contribution in [2.45, 2.75) is 32.2 Å². The fourth-order valence-electron chi connectivity index (χ4n) is 2.79. The molecule has 1 fully saturated rings. The van der Waals surface area contributed by atoms with Gasteiger partial charge in [-0.05, 0) is 44.4 Å². The number of halogens is 1. The van der Waals surface area contributed by atoms with Crippen molar-refractivity contribution >= 4 is 16.8 Å². The number of rotatable bonds is 1. The van der Waals surface area contributed by atoms with Crippen molar-refractivity contribution in [1.29, 1.82) is 0 Å². The summed E-state index contributed by atoms with van der Waals surface area (Å²) in [4.78, 5) is 17.4. The molecule has 2 aromatic rings. The molecule has 0 aliphatic carbocycles. The highest BCUT2D eigenvalue weighted by atomic mass is 19.1. The van der Waals surface area contributed by atoms with Gasteiger partial charge in [0.2, 0.25) is 0 Å². The third kappa shape index (κ3) is 2.11. The van der Waals surface area contributed by atoms with Gasteiger partial charge in [-0.15, -0.1) is 0 Å². The van der Waals surface area contributed by atoms with Crippen molar-refractivity contribution in [3.05, 3.63) is 35.8 Å². The number of likely N-dealkylation sites (tertiary alicyclic amines) is 1. The molecule has 2 heterocycles. The Bertz CT molecular complexity index is 620. The van der Waals surface area contributed by atoms with Gasteiger partial charge in [-0.3, -0.25) is 4.79 Å². The second-order valence-electron chi connectivity index (χ2n) is 5.23. The van der Waals surface area contributed by atoms with Crippen LogP contribution in [0.5, 0.6) is 0 Å². The van der Waals surface area contributed by atoms with Gasteiger partial charge in [-0.1, -0.05) is 6.07 Å². The maximum atomic E-state index is 13.6. The minimum atomic E-state index is -0.292.